The summed E-state index contributed by atoms with van der Waals surface area (Å²) >= 11 is 0. The van der Waals surface area contributed by atoms with E-state index in [-0.39, 0.29) is 19.0 Å². The second-order valence-corrected chi connectivity index (χ2v) is 9.33. The van der Waals surface area contributed by atoms with E-state index in [9.17, 15) is 13.2 Å². The van der Waals surface area contributed by atoms with E-state index in [2.05, 4.69) is 0 Å². The molecule has 0 radical (unpaired) electrons. The van der Waals surface area contributed by atoms with Gasteiger partial charge in [-0.2, -0.15) is 4.31 Å². The van der Waals surface area contributed by atoms with E-state index in [0.29, 0.717) is 29.5 Å². The van der Waals surface area contributed by atoms with Crippen molar-refractivity contribution >= 4 is 22.0 Å². The molecule has 31 heavy (non-hydrogen) atoms. The van der Waals surface area contributed by atoms with Crippen molar-refractivity contribution in [2.75, 3.05) is 40.4 Å². The highest BCUT2D eigenvalue weighted by molar-refractivity contribution is 7.89. The summed E-state index contributed by atoms with van der Waals surface area (Å²) in [5.74, 6) is 0.966. The van der Waals surface area contributed by atoms with Crippen LogP contribution in [0.5, 0.6) is 11.5 Å². The van der Waals surface area contributed by atoms with E-state index >= 15 is 0 Å². The van der Waals surface area contributed by atoms with Crippen molar-refractivity contribution in [3.8, 4) is 11.5 Å². The van der Waals surface area contributed by atoms with Gasteiger partial charge in [0, 0.05) is 37.8 Å². The van der Waals surface area contributed by atoms with Crippen molar-refractivity contribution in [1.29, 1.82) is 0 Å². The van der Waals surface area contributed by atoms with Crippen molar-refractivity contribution in [1.82, 2.24) is 9.21 Å². The van der Waals surface area contributed by atoms with E-state index in [1.165, 1.54) is 10.4 Å². The molecule has 2 aromatic rings. The van der Waals surface area contributed by atoms with E-state index in [0.717, 1.165) is 16.7 Å². The fourth-order valence-corrected chi connectivity index (χ4v) is 4.99. The zero-order valence-corrected chi connectivity index (χ0v) is 19.1. The Morgan fingerprint density at radius 3 is 2.29 bits per heavy atom. The van der Waals surface area contributed by atoms with Crippen LogP contribution < -0.4 is 9.47 Å². The minimum absolute atomic E-state index is 0.173. The number of aryl methyl sites for hydroxylation is 2. The van der Waals surface area contributed by atoms with Crippen LogP contribution in [0, 0.1) is 13.8 Å². The molecule has 0 saturated carbocycles. The molecule has 0 unspecified atom stereocenters. The first kappa shape index (κ1) is 22.8. The van der Waals surface area contributed by atoms with E-state index in [1.807, 2.05) is 32.0 Å². The molecule has 0 bridgehead atoms. The maximum Gasteiger partial charge on any atom is 0.246 e. The van der Waals surface area contributed by atoms with Crippen molar-refractivity contribution in [2.24, 2.45) is 0 Å². The Hall–Kier alpha value is -2.84. The van der Waals surface area contributed by atoms with E-state index in [4.69, 9.17) is 9.47 Å². The number of carbonyl (C=O) groups excluding carboxylic acids is 1. The lowest BCUT2D eigenvalue weighted by molar-refractivity contribution is -0.127. The Kier molecular flexibility index (Phi) is 7.02. The summed E-state index contributed by atoms with van der Waals surface area (Å²) in [6, 6.07) is 10.6. The van der Waals surface area contributed by atoms with Crippen molar-refractivity contribution in [2.45, 2.75) is 18.7 Å². The SMILES string of the molecule is COc1cccc(/C=C/C(=O)N2CCN(S(=O)(=O)c3ccc(C)c(C)c3)CC2)c1OC. The fraction of sp³-hybridized carbons (Fsp3) is 0.348. The normalized spacial score (nSPS) is 15.3. The van der Waals surface area contributed by atoms with E-state index < -0.39 is 10.0 Å². The molecule has 1 aliphatic heterocycles. The largest absolute Gasteiger partial charge is 0.493 e. The van der Waals surface area contributed by atoms with E-state index in [1.54, 1.807) is 43.4 Å². The van der Waals surface area contributed by atoms with Gasteiger partial charge in [-0.1, -0.05) is 18.2 Å². The molecular formula is C23H28N2O5S. The zero-order chi connectivity index (χ0) is 22.6. The topological polar surface area (TPSA) is 76.2 Å². The van der Waals surface area contributed by atoms with Gasteiger partial charge >= 0.3 is 0 Å². The molecule has 1 amide bonds. The minimum Gasteiger partial charge on any atom is -0.493 e. The van der Waals surface area contributed by atoms with Gasteiger partial charge in [-0.25, -0.2) is 8.42 Å². The third-order valence-electron chi connectivity index (χ3n) is 5.51. The van der Waals surface area contributed by atoms with Crippen LogP contribution in [0.1, 0.15) is 16.7 Å². The number of hydrogen-bond acceptors (Lipinski definition) is 5. The molecule has 166 valence electrons. The van der Waals surface area contributed by atoms with Crippen LogP contribution in [-0.4, -0.2) is 63.9 Å². The number of amides is 1. The van der Waals surface area contributed by atoms with Crippen LogP contribution in [0.2, 0.25) is 0 Å². The summed E-state index contributed by atoms with van der Waals surface area (Å²) in [6.45, 7) is 5.04. The minimum atomic E-state index is -3.58. The van der Waals surface area contributed by atoms with Gasteiger partial charge < -0.3 is 14.4 Å². The maximum absolute atomic E-state index is 13.0. The molecule has 1 aliphatic rings. The van der Waals surface area contributed by atoms with Gasteiger partial charge in [0.15, 0.2) is 11.5 Å². The third-order valence-corrected chi connectivity index (χ3v) is 7.40. The number of ether oxygens (including phenoxy) is 2. The molecule has 2 aromatic carbocycles. The fourth-order valence-electron chi connectivity index (χ4n) is 3.48. The van der Waals surface area contributed by atoms with Gasteiger partial charge in [0.25, 0.3) is 0 Å². The molecule has 0 aromatic heterocycles. The van der Waals surface area contributed by atoms with Crippen LogP contribution in [0.4, 0.5) is 0 Å². The first-order valence-corrected chi connectivity index (χ1v) is 11.5. The number of para-hydroxylation sites is 1. The number of hydrogen-bond donors (Lipinski definition) is 0. The highest BCUT2D eigenvalue weighted by Crippen LogP contribution is 2.31. The number of carbonyl (C=O) groups is 1. The van der Waals surface area contributed by atoms with Crippen LogP contribution in [-0.2, 0) is 14.8 Å². The monoisotopic (exact) mass is 444 g/mol. The highest BCUT2D eigenvalue weighted by atomic mass is 32.2. The number of piperazine rings is 1. The molecule has 0 spiro atoms. The molecular weight excluding hydrogens is 416 g/mol. The van der Waals surface area contributed by atoms with Crippen LogP contribution in [0.25, 0.3) is 6.08 Å². The summed E-state index contributed by atoms with van der Waals surface area (Å²) < 4.78 is 38.0. The number of benzene rings is 2. The molecule has 1 fully saturated rings. The molecule has 8 heteroatoms. The number of nitrogens with zero attached hydrogens (tertiary/aromatic N) is 2. The lowest BCUT2D eigenvalue weighted by Gasteiger charge is -2.33. The summed E-state index contributed by atoms with van der Waals surface area (Å²) in [5.41, 5.74) is 2.72. The zero-order valence-electron chi connectivity index (χ0n) is 18.3. The smallest absolute Gasteiger partial charge is 0.246 e. The van der Waals surface area contributed by atoms with Gasteiger partial charge in [0.05, 0.1) is 19.1 Å². The Balaban J connectivity index is 1.66. The maximum atomic E-state index is 13.0. The highest BCUT2D eigenvalue weighted by Gasteiger charge is 2.29. The molecule has 3 rings (SSSR count). The van der Waals surface area contributed by atoms with Crippen molar-refractivity contribution in [3.05, 3.63) is 59.2 Å². The number of rotatable bonds is 6. The second kappa shape index (κ2) is 9.53. The Bertz CT molecular complexity index is 1090. The second-order valence-electron chi connectivity index (χ2n) is 7.39. The van der Waals surface area contributed by atoms with Crippen molar-refractivity contribution in [3.63, 3.8) is 0 Å². The van der Waals surface area contributed by atoms with Gasteiger partial charge in [-0.15, -0.1) is 0 Å². The quantitative estimate of drug-likeness (QED) is 0.641. The summed E-state index contributed by atoms with van der Waals surface area (Å²) in [7, 11) is -0.470. The summed E-state index contributed by atoms with van der Waals surface area (Å²) in [4.78, 5) is 14.6. The predicted molar refractivity (Wildman–Crippen MR) is 120 cm³/mol. The summed E-state index contributed by atoms with van der Waals surface area (Å²) in [6.07, 6.45) is 3.16. The Morgan fingerprint density at radius 1 is 0.968 bits per heavy atom. The molecule has 0 aliphatic carbocycles. The first-order valence-electron chi connectivity index (χ1n) is 10.0. The Morgan fingerprint density at radius 2 is 1.68 bits per heavy atom. The third kappa shape index (κ3) is 4.91. The average Bonchev–Trinajstić information content (AvgIpc) is 2.78. The van der Waals surface area contributed by atoms with Crippen molar-refractivity contribution < 1.29 is 22.7 Å². The molecule has 0 N–H and O–H groups in total. The van der Waals surface area contributed by atoms with Crippen LogP contribution in [0.3, 0.4) is 0 Å². The summed E-state index contributed by atoms with van der Waals surface area (Å²) in [5, 5.41) is 0. The lowest BCUT2D eigenvalue weighted by Crippen LogP contribution is -2.50. The molecule has 7 nitrogen and oxygen atoms in total. The number of methoxy groups -OCH3 is 2. The lowest BCUT2D eigenvalue weighted by atomic mass is 10.1. The average molecular weight is 445 g/mol. The molecule has 0 atom stereocenters. The standard InChI is InChI=1S/C23H28N2O5S/c1-17-8-10-20(16-18(17)2)31(27,28)25-14-12-24(13-15-25)22(26)11-9-19-6-5-7-21(29-3)23(19)30-4/h5-11,16H,12-15H2,1-4H3/b11-9+. The van der Waals surface area contributed by atoms with Crippen LogP contribution >= 0.6 is 0 Å². The van der Waals surface area contributed by atoms with Gasteiger partial charge in [0.1, 0.15) is 0 Å². The molecule has 1 heterocycles. The predicted octanol–water partition coefficient (Wildman–Crippen LogP) is 2.87. The Labute approximate surface area is 183 Å². The first-order chi connectivity index (χ1) is 14.8. The number of sulfonamides is 1. The van der Waals surface area contributed by atoms with Crippen LogP contribution in [0.15, 0.2) is 47.4 Å². The molecule has 1 saturated heterocycles. The van der Waals surface area contributed by atoms with Gasteiger partial charge in [-0.3, -0.25) is 4.79 Å². The van der Waals surface area contributed by atoms with Gasteiger partial charge in [-0.05, 0) is 49.2 Å². The van der Waals surface area contributed by atoms with Gasteiger partial charge in [0.2, 0.25) is 15.9 Å².